The number of benzene rings is 2. The molecule has 1 N–H and O–H groups in total. The number of hydrogen-bond donors (Lipinski definition) is 1. The van der Waals surface area contributed by atoms with Crippen LogP contribution in [-0.2, 0) is 11.2 Å². The van der Waals surface area contributed by atoms with Crippen LogP contribution in [0.25, 0.3) is 10.2 Å². The number of fused-ring (bicyclic) bond motifs is 1. The highest BCUT2D eigenvalue weighted by Gasteiger charge is 2.30. The zero-order valence-corrected chi connectivity index (χ0v) is 15.8. The van der Waals surface area contributed by atoms with Crippen LogP contribution in [0.5, 0.6) is 0 Å². The Balaban J connectivity index is 1.53. The second-order valence-electron chi connectivity index (χ2n) is 5.46. The SMILES string of the molecule is O=C1N/C(=N/c2nc3ccccc3s2)SC1Cc1cc(Cl)cc(Cl)c1. The summed E-state index contributed by atoms with van der Waals surface area (Å²) < 4.78 is 1.07. The molecule has 1 saturated heterocycles. The largest absolute Gasteiger partial charge is 0.304 e. The zero-order chi connectivity index (χ0) is 17.4. The van der Waals surface area contributed by atoms with Crippen LogP contribution in [0, 0.1) is 0 Å². The number of nitrogens with zero attached hydrogens (tertiary/aromatic N) is 2. The fourth-order valence-electron chi connectivity index (χ4n) is 2.53. The molecule has 1 aromatic heterocycles. The van der Waals surface area contributed by atoms with Gasteiger partial charge in [0.15, 0.2) is 5.17 Å². The van der Waals surface area contributed by atoms with Gasteiger partial charge in [0.1, 0.15) is 0 Å². The fraction of sp³-hybridized carbons (Fsp3) is 0.118. The molecule has 1 atom stereocenters. The van der Waals surface area contributed by atoms with Crippen LogP contribution in [0.3, 0.4) is 0 Å². The second-order valence-corrected chi connectivity index (χ2v) is 8.53. The molecule has 2 aromatic carbocycles. The minimum Gasteiger partial charge on any atom is -0.304 e. The number of thiazole rings is 1. The van der Waals surface area contributed by atoms with Crippen LogP contribution in [0.15, 0.2) is 47.5 Å². The summed E-state index contributed by atoms with van der Waals surface area (Å²) in [4.78, 5) is 21.2. The molecule has 4 rings (SSSR count). The van der Waals surface area contributed by atoms with Crippen LogP contribution in [-0.4, -0.2) is 21.3 Å². The molecule has 1 aliphatic heterocycles. The summed E-state index contributed by atoms with van der Waals surface area (Å²) >= 11 is 14.9. The Kier molecular flexibility index (Phi) is 4.69. The number of para-hydroxylation sites is 1. The van der Waals surface area contributed by atoms with Crippen molar-refractivity contribution in [1.29, 1.82) is 0 Å². The first-order valence-electron chi connectivity index (χ1n) is 7.43. The smallest absolute Gasteiger partial charge is 0.239 e. The highest BCUT2D eigenvalue weighted by molar-refractivity contribution is 8.15. The number of aliphatic imine (C=N–C) groups is 1. The Labute approximate surface area is 162 Å². The van der Waals surface area contributed by atoms with E-state index < -0.39 is 0 Å². The molecule has 0 aliphatic carbocycles. The second kappa shape index (κ2) is 6.96. The average Bonchev–Trinajstić information content (AvgIpc) is 3.09. The van der Waals surface area contributed by atoms with Crippen molar-refractivity contribution < 1.29 is 4.79 Å². The standard InChI is InChI=1S/C17H11Cl2N3OS2/c18-10-5-9(6-11(19)8-10)7-14-15(23)21-17(25-14)22-16-20-12-3-1-2-4-13(12)24-16/h1-6,8,14H,7H2,(H,20,21,22,23). The predicted octanol–water partition coefficient (Wildman–Crippen LogP) is 5.06. The van der Waals surface area contributed by atoms with Crippen molar-refractivity contribution in [3.63, 3.8) is 0 Å². The molecule has 1 amide bonds. The molecule has 0 bridgehead atoms. The van der Waals surface area contributed by atoms with Gasteiger partial charge in [-0.05, 0) is 42.3 Å². The average molecular weight is 408 g/mol. The molecule has 0 radical (unpaired) electrons. The van der Waals surface area contributed by atoms with Crippen LogP contribution < -0.4 is 5.32 Å². The van der Waals surface area contributed by atoms with Crippen LogP contribution in [0.2, 0.25) is 10.0 Å². The lowest BCUT2D eigenvalue weighted by atomic mass is 10.1. The topological polar surface area (TPSA) is 54.4 Å². The van der Waals surface area contributed by atoms with E-state index in [4.69, 9.17) is 23.2 Å². The summed E-state index contributed by atoms with van der Waals surface area (Å²) in [5.41, 5.74) is 1.83. The van der Waals surface area contributed by atoms with Gasteiger partial charge >= 0.3 is 0 Å². The van der Waals surface area contributed by atoms with E-state index in [9.17, 15) is 4.79 Å². The fourth-order valence-corrected chi connectivity index (χ4v) is 5.01. The van der Waals surface area contributed by atoms with Crippen molar-refractivity contribution in [3.8, 4) is 0 Å². The Morgan fingerprint density at radius 3 is 2.68 bits per heavy atom. The number of thioether (sulfide) groups is 1. The van der Waals surface area contributed by atoms with Crippen molar-refractivity contribution in [3.05, 3.63) is 58.1 Å². The minimum atomic E-state index is -0.261. The number of amides is 1. The maximum Gasteiger partial charge on any atom is 0.239 e. The summed E-state index contributed by atoms with van der Waals surface area (Å²) in [5.74, 6) is -0.0686. The lowest BCUT2D eigenvalue weighted by Gasteiger charge is -2.06. The van der Waals surface area contributed by atoms with E-state index in [1.165, 1.54) is 23.1 Å². The third-order valence-corrected chi connectivity index (χ3v) is 6.05. The van der Waals surface area contributed by atoms with Gasteiger partial charge in [-0.15, -0.1) is 0 Å². The summed E-state index contributed by atoms with van der Waals surface area (Å²) in [5, 5.41) is 4.89. The minimum absolute atomic E-state index is 0.0686. The molecule has 3 aromatic rings. The lowest BCUT2D eigenvalue weighted by Crippen LogP contribution is -2.25. The number of hydrogen-bond acceptors (Lipinski definition) is 5. The highest BCUT2D eigenvalue weighted by atomic mass is 35.5. The first-order valence-corrected chi connectivity index (χ1v) is 9.89. The van der Waals surface area contributed by atoms with E-state index in [1.54, 1.807) is 6.07 Å². The number of amidine groups is 1. The number of aromatic nitrogens is 1. The van der Waals surface area contributed by atoms with Gasteiger partial charge in [0, 0.05) is 10.0 Å². The van der Waals surface area contributed by atoms with Crippen molar-refractivity contribution >= 4 is 72.7 Å². The van der Waals surface area contributed by atoms with Gasteiger partial charge in [-0.1, -0.05) is 58.4 Å². The summed E-state index contributed by atoms with van der Waals surface area (Å²) in [7, 11) is 0. The van der Waals surface area contributed by atoms with E-state index in [-0.39, 0.29) is 11.2 Å². The van der Waals surface area contributed by atoms with Gasteiger partial charge in [-0.25, -0.2) is 4.98 Å². The van der Waals surface area contributed by atoms with E-state index >= 15 is 0 Å². The summed E-state index contributed by atoms with van der Waals surface area (Å²) in [6.07, 6.45) is 0.537. The number of halogens is 2. The molecular weight excluding hydrogens is 397 g/mol. The van der Waals surface area contributed by atoms with Gasteiger partial charge in [0.25, 0.3) is 0 Å². The first-order chi connectivity index (χ1) is 12.1. The van der Waals surface area contributed by atoms with Crippen molar-refractivity contribution in [2.45, 2.75) is 11.7 Å². The van der Waals surface area contributed by atoms with Gasteiger partial charge < -0.3 is 5.32 Å². The monoisotopic (exact) mass is 407 g/mol. The molecule has 126 valence electrons. The molecule has 1 fully saturated rings. The molecule has 1 aliphatic rings. The Morgan fingerprint density at radius 2 is 1.92 bits per heavy atom. The van der Waals surface area contributed by atoms with Gasteiger partial charge in [0.05, 0.1) is 15.5 Å². The van der Waals surface area contributed by atoms with Crippen molar-refractivity contribution in [1.82, 2.24) is 10.3 Å². The zero-order valence-electron chi connectivity index (χ0n) is 12.7. The highest BCUT2D eigenvalue weighted by Crippen LogP contribution is 2.31. The molecule has 0 saturated carbocycles. The molecule has 25 heavy (non-hydrogen) atoms. The molecule has 4 nitrogen and oxygen atoms in total. The van der Waals surface area contributed by atoms with E-state index in [1.807, 2.05) is 36.4 Å². The third-order valence-electron chi connectivity index (χ3n) is 3.60. The Hall–Kier alpha value is -1.60. The van der Waals surface area contributed by atoms with Crippen molar-refractivity contribution in [2.75, 3.05) is 0 Å². The first kappa shape index (κ1) is 16.8. The van der Waals surface area contributed by atoms with Crippen molar-refractivity contribution in [2.24, 2.45) is 4.99 Å². The number of rotatable bonds is 3. The molecular formula is C17H11Cl2N3OS2. The third kappa shape index (κ3) is 3.82. The Bertz CT molecular complexity index is 949. The van der Waals surface area contributed by atoms with E-state index in [0.717, 1.165) is 15.8 Å². The number of carbonyl (C=O) groups is 1. The van der Waals surface area contributed by atoms with Crippen LogP contribution in [0.1, 0.15) is 5.56 Å². The molecule has 0 spiro atoms. The lowest BCUT2D eigenvalue weighted by molar-refractivity contribution is -0.118. The molecule has 1 unspecified atom stereocenters. The summed E-state index contributed by atoms with van der Waals surface area (Å²) in [6.45, 7) is 0. The van der Waals surface area contributed by atoms with E-state index in [0.29, 0.717) is 26.8 Å². The maximum absolute atomic E-state index is 12.2. The van der Waals surface area contributed by atoms with Gasteiger partial charge in [0.2, 0.25) is 11.0 Å². The van der Waals surface area contributed by atoms with E-state index in [2.05, 4.69) is 15.3 Å². The number of carbonyl (C=O) groups excluding carboxylic acids is 1. The van der Waals surface area contributed by atoms with Crippen LogP contribution >= 0.6 is 46.3 Å². The normalized spacial score (nSPS) is 18.9. The molecule has 2 heterocycles. The summed E-state index contributed by atoms with van der Waals surface area (Å²) in [6, 6.07) is 13.2. The van der Waals surface area contributed by atoms with Gasteiger partial charge in [-0.2, -0.15) is 4.99 Å². The van der Waals surface area contributed by atoms with Gasteiger partial charge in [-0.3, -0.25) is 4.79 Å². The molecule has 8 heteroatoms. The predicted molar refractivity (Wildman–Crippen MR) is 106 cm³/mol. The quantitative estimate of drug-likeness (QED) is 0.659. The maximum atomic E-state index is 12.2. The Morgan fingerprint density at radius 1 is 1.16 bits per heavy atom. The number of nitrogens with one attached hydrogen (secondary N) is 1. The van der Waals surface area contributed by atoms with Crippen LogP contribution in [0.4, 0.5) is 5.13 Å².